The van der Waals surface area contributed by atoms with Crippen molar-refractivity contribution in [1.82, 2.24) is 0 Å². The minimum atomic E-state index is -0.288. The third-order valence-corrected chi connectivity index (χ3v) is 5.56. The topological polar surface area (TPSA) is 46.6 Å². The largest absolute Gasteiger partial charge is 0.461 e. The van der Waals surface area contributed by atoms with Gasteiger partial charge in [0.05, 0.1) is 5.57 Å². The molecule has 2 aromatic rings. The van der Waals surface area contributed by atoms with E-state index < -0.39 is 0 Å². The fourth-order valence-corrected chi connectivity index (χ4v) is 3.69. The van der Waals surface area contributed by atoms with Crippen LogP contribution in [0.1, 0.15) is 47.1 Å². The Morgan fingerprint density at radius 3 is 1.94 bits per heavy atom. The SMILES string of the molecule is CN(C)c1ccc(/C=C/C2=CC(=C3C(=O)c4ccccc4C3=O)C=C(C(C)(C)C)O2)cc1. The molecule has 0 fully saturated rings. The second kappa shape index (κ2) is 8.12. The van der Waals surface area contributed by atoms with Crippen LogP contribution in [-0.2, 0) is 4.74 Å². The van der Waals surface area contributed by atoms with Crippen molar-refractivity contribution in [1.29, 1.82) is 0 Å². The zero-order chi connectivity index (χ0) is 23.0. The van der Waals surface area contributed by atoms with Gasteiger partial charge in [-0.3, -0.25) is 9.59 Å². The van der Waals surface area contributed by atoms with Crippen molar-refractivity contribution in [3.8, 4) is 0 Å². The van der Waals surface area contributed by atoms with Gasteiger partial charge in [0.25, 0.3) is 0 Å². The maximum absolute atomic E-state index is 13.0. The number of nitrogens with zero attached hydrogens (tertiary/aromatic N) is 1. The first kappa shape index (κ1) is 21.6. The molecule has 2 aromatic carbocycles. The normalized spacial score (nSPS) is 16.2. The van der Waals surface area contributed by atoms with Crippen molar-refractivity contribution >= 4 is 23.3 Å². The van der Waals surface area contributed by atoms with Gasteiger partial charge >= 0.3 is 0 Å². The lowest BCUT2D eigenvalue weighted by atomic mass is 9.89. The van der Waals surface area contributed by atoms with Crippen LogP contribution in [-0.4, -0.2) is 25.7 Å². The van der Waals surface area contributed by atoms with Crippen LogP contribution in [0.25, 0.3) is 6.08 Å². The van der Waals surface area contributed by atoms with Gasteiger partial charge in [-0.1, -0.05) is 63.2 Å². The Bertz CT molecular complexity index is 1180. The molecule has 1 heterocycles. The average Bonchev–Trinajstić information content (AvgIpc) is 3.02. The van der Waals surface area contributed by atoms with E-state index in [-0.39, 0.29) is 22.6 Å². The molecular formula is C28H27NO3. The number of hydrogen-bond donors (Lipinski definition) is 0. The van der Waals surface area contributed by atoms with Gasteiger partial charge in [0.1, 0.15) is 11.5 Å². The molecule has 0 unspecified atom stereocenters. The zero-order valence-corrected chi connectivity index (χ0v) is 19.1. The molecule has 0 aromatic heterocycles. The predicted octanol–water partition coefficient (Wildman–Crippen LogP) is 5.99. The molecule has 0 atom stereocenters. The average molecular weight is 426 g/mol. The van der Waals surface area contributed by atoms with Crippen LogP contribution in [0.5, 0.6) is 0 Å². The summed E-state index contributed by atoms with van der Waals surface area (Å²) >= 11 is 0. The monoisotopic (exact) mass is 425 g/mol. The van der Waals surface area contributed by atoms with Gasteiger partial charge < -0.3 is 9.64 Å². The molecule has 0 N–H and O–H groups in total. The van der Waals surface area contributed by atoms with Gasteiger partial charge in [-0.05, 0) is 41.5 Å². The number of anilines is 1. The summed E-state index contributed by atoms with van der Waals surface area (Å²) in [6.45, 7) is 6.13. The van der Waals surface area contributed by atoms with E-state index in [9.17, 15) is 9.59 Å². The Labute approximate surface area is 189 Å². The molecule has 0 bridgehead atoms. The van der Waals surface area contributed by atoms with E-state index in [1.165, 1.54) is 0 Å². The lowest BCUT2D eigenvalue weighted by Crippen LogP contribution is -2.16. The quantitative estimate of drug-likeness (QED) is 0.448. The molecule has 1 aliphatic carbocycles. The summed E-state index contributed by atoms with van der Waals surface area (Å²) < 4.78 is 6.14. The molecule has 4 nitrogen and oxygen atoms in total. The maximum Gasteiger partial charge on any atom is 0.198 e. The molecule has 162 valence electrons. The minimum Gasteiger partial charge on any atom is -0.461 e. The highest BCUT2D eigenvalue weighted by molar-refractivity contribution is 6.40. The van der Waals surface area contributed by atoms with Crippen LogP contribution < -0.4 is 4.90 Å². The fourth-order valence-electron chi connectivity index (χ4n) is 3.69. The van der Waals surface area contributed by atoms with Crippen LogP contribution in [0, 0.1) is 5.41 Å². The van der Waals surface area contributed by atoms with E-state index in [1.807, 2.05) is 70.1 Å². The first-order chi connectivity index (χ1) is 15.1. The Kier molecular flexibility index (Phi) is 5.47. The lowest BCUT2D eigenvalue weighted by Gasteiger charge is -2.27. The van der Waals surface area contributed by atoms with Crippen molar-refractivity contribution in [2.45, 2.75) is 20.8 Å². The highest BCUT2D eigenvalue weighted by Gasteiger charge is 2.36. The zero-order valence-electron chi connectivity index (χ0n) is 19.1. The maximum atomic E-state index is 13.0. The van der Waals surface area contributed by atoms with Gasteiger partial charge in [-0.15, -0.1) is 0 Å². The first-order valence-corrected chi connectivity index (χ1v) is 10.6. The number of fused-ring (bicyclic) bond motifs is 1. The van der Waals surface area contributed by atoms with Crippen molar-refractivity contribution < 1.29 is 14.3 Å². The predicted molar refractivity (Wildman–Crippen MR) is 129 cm³/mol. The highest BCUT2D eigenvalue weighted by Crippen LogP contribution is 2.37. The van der Waals surface area contributed by atoms with Gasteiger partial charge in [0.15, 0.2) is 11.6 Å². The van der Waals surface area contributed by atoms with E-state index in [2.05, 4.69) is 12.1 Å². The van der Waals surface area contributed by atoms with E-state index in [4.69, 9.17) is 4.74 Å². The van der Waals surface area contributed by atoms with Gasteiger partial charge in [0.2, 0.25) is 0 Å². The standard InChI is InChI=1S/C28H27NO3/c1-28(2,3)24-17-19(25-26(30)22-8-6-7-9-23(22)27(25)31)16-21(32-24)15-12-18-10-13-20(14-11-18)29(4)5/h6-17H,1-5H3/b15-12+. The van der Waals surface area contributed by atoms with E-state index in [0.29, 0.717) is 28.2 Å². The molecule has 0 saturated heterocycles. The summed E-state index contributed by atoms with van der Waals surface area (Å²) in [6, 6.07) is 15.2. The van der Waals surface area contributed by atoms with Crippen molar-refractivity contribution in [3.63, 3.8) is 0 Å². The molecule has 0 amide bonds. The van der Waals surface area contributed by atoms with Gasteiger partial charge in [0, 0.05) is 36.3 Å². The first-order valence-electron chi connectivity index (χ1n) is 10.6. The molecule has 2 aliphatic rings. The van der Waals surface area contributed by atoms with Gasteiger partial charge in [-0.2, -0.15) is 0 Å². The molecule has 32 heavy (non-hydrogen) atoms. The molecule has 0 spiro atoms. The molecular weight excluding hydrogens is 398 g/mol. The molecule has 0 radical (unpaired) electrons. The molecule has 0 saturated carbocycles. The number of carbonyl (C=O) groups is 2. The van der Waals surface area contributed by atoms with E-state index in [1.54, 1.807) is 30.3 Å². The number of ketones is 2. The third kappa shape index (κ3) is 4.09. The summed E-state index contributed by atoms with van der Waals surface area (Å²) in [5, 5.41) is 0. The highest BCUT2D eigenvalue weighted by atomic mass is 16.5. The Hall–Kier alpha value is -3.66. The number of Topliss-reactive ketones (excluding diaryl/α,β-unsaturated/α-hetero) is 2. The van der Waals surface area contributed by atoms with Crippen LogP contribution >= 0.6 is 0 Å². The fraction of sp³-hybridized carbons (Fsp3) is 0.214. The lowest BCUT2D eigenvalue weighted by molar-refractivity contribution is 0.0987. The number of hydrogen-bond acceptors (Lipinski definition) is 4. The summed E-state index contributed by atoms with van der Waals surface area (Å²) in [6.07, 6.45) is 7.43. The summed E-state index contributed by atoms with van der Waals surface area (Å²) in [5.74, 6) is 0.839. The Morgan fingerprint density at radius 1 is 0.812 bits per heavy atom. The van der Waals surface area contributed by atoms with Crippen molar-refractivity contribution in [3.05, 3.63) is 106 Å². The molecule has 1 aliphatic heterocycles. The Morgan fingerprint density at radius 2 is 1.41 bits per heavy atom. The molecule has 4 rings (SSSR count). The second-order valence-corrected chi connectivity index (χ2v) is 9.26. The van der Waals surface area contributed by atoms with Gasteiger partial charge in [-0.25, -0.2) is 0 Å². The number of ether oxygens (including phenoxy) is 1. The van der Waals surface area contributed by atoms with E-state index in [0.717, 1.165) is 11.3 Å². The summed E-state index contributed by atoms with van der Waals surface area (Å²) in [4.78, 5) is 28.1. The van der Waals surface area contributed by atoms with Crippen LogP contribution in [0.2, 0.25) is 0 Å². The van der Waals surface area contributed by atoms with Crippen LogP contribution in [0.3, 0.4) is 0 Å². The van der Waals surface area contributed by atoms with E-state index >= 15 is 0 Å². The van der Waals surface area contributed by atoms with Crippen LogP contribution in [0.4, 0.5) is 5.69 Å². The van der Waals surface area contributed by atoms with Crippen molar-refractivity contribution in [2.24, 2.45) is 5.41 Å². The van der Waals surface area contributed by atoms with Crippen molar-refractivity contribution in [2.75, 3.05) is 19.0 Å². The number of carbonyl (C=O) groups excluding carboxylic acids is 2. The number of allylic oxidation sites excluding steroid dienone is 6. The summed E-state index contributed by atoms with van der Waals surface area (Å²) in [7, 11) is 4.01. The summed E-state index contributed by atoms with van der Waals surface area (Å²) in [5.41, 5.74) is 3.59. The number of rotatable bonds is 3. The van der Waals surface area contributed by atoms with Crippen LogP contribution in [0.15, 0.2) is 89.4 Å². The Balaban J connectivity index is 1.74. The third-order valence-electron chi connectivity index (χ3n) is 5.56. The number of benzene rings is 2. The minimum absolute atomic E-state index is 0.206. The molecule has 4 heteroatoms. The smallest absolute Gasteiger partial charge is 0.198 e. The second-order valence-electron chi connectivity index (χ2n) is 9.26.